The van der Waals surface area contributed by atoms with E-state index in [2.05, 4.69) is 15.3 Å². The number of likely N-dealkylation sites (N-methyl/N-ethyl adjacent to an activating group) is 1. The topological polar surface area (TPSA) is 105 Å². The van der Waals surface area contributed by atoms with Crippen LogP contribution in [0.25, 0.3) is 17.1 Å². The molecule has 228 valence electrons. The zero-order chi connectivity index (χ0) is 30.5. The van der Waals surface area contributed by atoms with Crippen LogP contribution in [-0.4, -0.2) is 47.8 Å². The van der Waals surface area contributed by atoms with Crippen molar-refractivity contribution in [2.45, 2.75) is 26.4 Å². The number of ether oxygens (including phenoxy) is 1. The summed E-state index contributed by atoms with van der Waals surface area (Å²) in [4.78, 5) is 49.3. The SMILES string of the molecule is Cc1cnc2cccc(OCc3c(Cl)ccc(N(C)C(=O)CNC(=O)C=Cc4ccc(N5CCCC5=O)cc4)c3Cl)c2n1.Cl. The number of benzene rings is 3. The van der Waals surface area contributed by atoms with Crippen LogP contribution in [0.1, 0.15) is 29.7 Å². The molecule has 9 nitrogen and oxygen atoms in total. The predicted molar refractivity (Wildman–Crippen MR) is 176 cm³/mol. The second kappa shape index (κ2) is 14.5. The summed E-state index contributed by atoms with van der Waals surface area (Å²) >= 11 is 13.2. The van der Waals surface area contributed by atoms with Crippen molar-refractivity contribution >= 4 is 81.8 Å². The molecule has 1 aliphatic rings. The lowest BCUT2D eigenvalue weighted by atomic mass is 10.2. The summed E-state index contributed by atoms with van der Waals surface area (Å²) < 4.78 is 6.04. The number of hydrogen-bond acceptors (Lipinski definition) is 6. The number of rotatable bonds is 9. The fourth-order valence-electron chi connectivity index (χ4n) is 4.67. The standard InChI is InChI=1S/C32H29Cl2N5O4.ClH/c1-20-17-35-25-5-3-6-27(32(25)37-20)43-19-23-24(33)13-14-26(31(23)34)38(2)30(42)18-36-28(40)15-10-21-8-11-22(12-9-21)39-16-4-7-29(39)41;/h3,5-6,8-15,17H,4,7,16,18-19H2,1-2H3,(H,36,40);1H. The fourth-order valence-corrected chi connectivity index (χ4v) is 5.28. The van der Waals surface area contributed by atoms with Crippen LogP contribution in [-0.2, 0) is 21.0 Å². The van der Waals surface area contributed by atoms with Gasteiger partial charge in [-0.3, -0.25) is 19.4 Å². The molecular weight excluding hydrogens is 625 g/mol. The third kappa shape index (κ3) is 7.48. The number of carbonyl (C=O) groups excluding carboxylic acids is 3. The summed E-state index contributed by atoms with van der Waals surface area (Å²) in [6.07, 6.45) is 6.11. The summed E-state index contributed by atoms with van der Waals surface area (Å²) in [5, 5.41) is 3.25. The molecule has 5 rings (SSSR count). The smallest absolute Gasteiger partial charge is 0.246 e. The third-order valence-electron chi connectivity index (χ3n) is 7.05. The van der Waals surface area contributed by atoms with Crippen LogP contribution >= 0.6 is 35.6 Å². The van der Waals surface area contributed by atoms with Gasteiger partial charge in [0, 0.05) is 48.6 Å². The first-order chi connectivity index (χ1) is 20.7. The van der Waals surface area contributed by atoms with E-state index in [1.165, 1.54) is 11.0 Å². The molecule has 0 spiro atoms. The van der Waals surface area contributed by atoms with Crippen molar-refractivity contribution in [3.63, 3.8) is 0 Å². The lowest BCUT2D eigenvalue weighted by Crippen LogP contribution is -2.37. The van der Waals surface area contributed by atoms with Crippen molar-refractivity contribution in [2.75, 3.05) is 29.9 Å². The molecule has 4 aromatic rings. The van der Waals surface area contributed by atoms with Crippen molar-refractivity contribution in [2.24, 2.45) is 0 Å². The number of aryl methyl sites for hydroxylation is 1. The Hall–Kier alpha value is -4.18. The van der Waals surface area contributed by atoms with Gasteiger partial charge in [0.25, 0.3) is 0 Å². The molecule has 0 radical (unpaired) electrons. The Labute approximate surface area is 271 Å². The molecule has 3 amide bonds. The number of aromatic nitrogens is 2. The van der Waals surface area contributed by atoms with E-state index >= 15 is 0 Å². The highest BCUT2D eigenvalue weighted by atomic mass is 35.5. The van der Waals surface area contributed by atoms with Gasteiger partial charge in [-0.1, -0.05) is 41.4 Å². The summed E-state index contributed by atoms with van der Waals surface area (Å²) in [6, 6.07) is 16.1. The largest absolute Gasteiger partial charge is 0.486 e. The van der Waals surface area contributed by atoms with E-state index in [0.717, 1.165) is 29.9 Å². The maximum atomic E-state index is 12.9. The van der Waals surface area contributed by atoms with Gasteiger partial charge in [0.2, 0.25) is 17.7 Å². The highest BCUT2D eigenvalue weighted by molar-refractivity contribution is 6.38. The third-order valence-corrected chi connectivity index (χ3v) is 7.82. The molecule has 0 atom stereocenters. The lowest BCUT2D eigenvalue weighted by molar-refractivity contribution is -0.122. The number of anilines is 2. The summed E-state index contributed by atoms with van der Waals surface area (Å²) in [5.41, 5.74) is 4.64. The number of carbonyl (C=O) groups is 3. The highest BCUT2D eigenvalue weighted by Crippen LogP contribution is 2.35. The lowest BCUT2D eigenvalue weighted by Gasteiger charge is -2.21. The van der Waals surface area contributed by atoms with Crippen molar-refractivity contribution < 1.29 is 19.1 Å². The van der Waals surface area contributed by atoms with Gasteiger partial charge < -0.3 is 19.9 Å². The van der Waals surface area contributed by atoms with Crippen molar-refractivity contribution in [1.82, 2.24) is 15.3 Å². The molecule has 1 aromatic heterocycles. The van der Waals surface area contributed by atoms with Gasteiger partial charge in [-0.15, -0.1) is 12.4 Å². The van der Waals surface area contributed by atoms with Gasteiger partial charge >= 0.3 is 0 Å². The van der Waals surface area contributed by atoms with E-state index in [4.69, 9.17) is 27.9 Å². The van der Waals surface area contributed by atoms with Crippen molar-refractivity contribution in [3.05, 3.63) is 93.7 Å². The van der Waals surface area contributed by atoms with E-state index in [1.54, 1.807) is 42.4 Å². The first kappa shape index (κ1) is 32.7. The zero-order valence-electron chi connectivity index (χ0n) is 24.0. The number of hydrogen-bond donors (Lipinski definition) is 1. The van der Waals surface area contributed by atoms with Crippen LogP contribution in [0.5, 0.6) is 5.75 Å². The maximum absolute atomic E-state index is 12.9. The predicted octanol–water partition coefficient (Wildman–Crippen LogP) is 6.17. The van der Waals surface area contributed by atoms with Gasteiger partial charge in [-0.2, -0.15) is 0 Å². The van der Waals surface area contributed by atoms with Crippen LogP contribution in [0.3, 0.4) is 0 Å². The van der Waals surface area contributed by atoms with Crippen molar-refractivity contribution in [3.8, 4) is 5.75 Å². The average molecular weight is 655 g/mol. The molecule has 1 aliphatic heterocycles. The molecule has 12 heteroatoms. The number of halogens is 3. The Morgan fingerprint density at radius 2 is 1.89 bits per heavy atom. The van der Waals surface area contributed by atoms with E-state index in [1.807, 2.05) is 43.3 Å². The van der Waals surface area contributed by atoms with Crippen LogP contribution in [0.2, 0.25) is 10.0 Å². The second-order valence-corrected chi connectivity index (χ2v) is 10.8. The molecule has 0 bridgehead atoms. The van der Waals surface area contributed by atoms with E-state index in [9.17, 15) is 14.4 Å². The van der Waals surface area contributed by atoms with E-state index in [0.29, 0.717) is 39.5 Å². The normalized spacial score (nSPS) is 12.8. The van der Waals surface area contributed by atoms with Gasteiger partial charge in [0.05, 0.1) is 28.5 Å². The number of nitrogens with zero attached hydrogens (tertiary/aromatic N) is 4. The molecule has 0 saturated carbocycles. The molecule has 0 aliphatic carbocycles. The molecule has 44 heavy (non-hydrogen) atoms. The van der Waals surface area contributed by atoms with Crippen molar-refractivity contribution in [1.29, 1.82) is 0 Å². The molecule has 0 unspecified atom stereocenters. The minimum absolute atomic E-state index is 0. The molecule has 3 aromatic carbocycles. The number of amides is 3. The Morgan fingerprint density at radius 3 is 2.61 bits per heavy atom. The fraction of sp³-hybridized carbons (Fsp3) is 0.219. The Bertz CT molecular complexity index is 1730. The van der Waals surface area contributed by atoms with Crippen LogP contribution in [0, 0.1) is 6.92 Å². The Kier molecular flexibility index (Phi) is 10.8. The second-order valence-electron chi connectivity index (χ2n) is 10.0. The average Bonchev–Trinajstić information content (AvgIpc) is 3.44. The zero-order valence-corrected chi connectivity index (χ0v) is 26.4. The molecule has 1 fully saturated rings. The summed E-state index contributed by atoms with van der Waals surface area (Å²) in [5.74, 6) is -0.153. The summed E-state index contributed by atoms with van der Waals surface area (Å²) in [6.45, 7) is 2.37. The maximum Gasteiger partial charge on any atom is 0.246 e. The molecular formula is C32H30Cl3N5O4. The molecule has 1 saturated heterocycles. The van der Waals surface area contributed by atoms with Gasteiger partial charge in [0.1, 0.15) is 17.9 Å². The van der Waals surface area contributed by atoms with Gasteiger partial charge in [0.15, 0.2) is 0 Å². The number of fused-ring (bicyclic) bond motifs is 1. The van der Waals surface area contributed by atoms with Gasteiger partial charge in [-0.05, 0) is 61.4 Å². The highest BCUT2D eigenvalue weighted by Gasteiger charge is 2.22. The first-order valence-electron chi connectivity index (χ1n) is 13.7. The van der Waals surface area contributed by atoms with Gasteiger partial charge in [-0.25, -0.2) is 4.98 Å². The molecule has 1 N–H and O–H groups in total. The molecule has 2 heterocycles. The minimum Gasteiger partial charge on any atom is -0.486 e. The van der Waals surface area contributed by atoms with Crippen LogP contribution in [0.15, 0.2) is 66.9 Å². The first-order valence-corrected chi connectivity index (χ1v) is 14.4. The van der Waals surface area contributed by atoms with E-state index in [-0.39, 0.29) is 42.4 Å². The quantitative estimate of drug-likeness (QED) is 0.217. The monoisotopic (exact) mass is 653 g/mol. The summed E-state index contributed by atoms with van der Waals surface area (Å²) in [7, 11) is 1.57. The Morgan fingerprint density at radius 1 is 1.11 bits per heavy atom. The van der Waals surface area contributed by atoms with Crippen LogP contribution < -0.4 is 19.9 Å². The minimum atomic E-state index is -0.426. The van der Waals surface area contributed by atoms with Crippen LogP contribution in [0.4, 0.5) is 11.4 Å². The number of para-hydroxylation sites is 1. The number of nitrogens with one attached hydrogen (secondary N) is 1. The van der Waals surface area contributed by atoms with E-state index < -0.39 is 5.91 Å². The Balaban J connectivity index is 0.00000442.